The summed E-state index contributed by atoms with van der Waals surface area (Å²) < 4.78 is 5.18. The van der Waals surface area contributed by atoms with Gasteiger partial charge in [0.1, 0.15) is 5.75 Å². The van der Waals surface area contributed by atoms with Crippen molar-refractivity contribution in [1.82, 2.24) is 0 Å². The van der Waals surface area contributed by atoms with Crippen molar-refractivity contribution < 1.29 is 4.74 Å². The fourth-order valence-corrected chi connectivity index (χ4v) is 1.06. The van der Waals surface area contributed by atoms with Crippen LogP contribution in [0.4, 0.5) is 0 Å². The first-order chi connectivity index (χ1) is 5.88. The van der Waals surface area contributed by atoms with Crippen LogP contribution in [0.2, 0.25) is 0 Å². The number of rotatable bonds is 3. The number of aliphatic imine (C=N–C) groups is 1. The zero-order valence-corrected chi connectivity index (χ0v) is 7.45. The lowest BCUT2D eigenvalue weighted by molar-refractivity contribution is 0.411. The van der Waals surface area contributed by atoms with Crippen molar-refractivity contribution in [2.45, 2.75) is 6.42 Å². The Kier molecular flexibility index (Phi) is 3.33. The first-order valence-corrected chi connectivity index (χ1v) is 3.91. The van der Waals surface area contributed by atoms with Crippen molar-refractivity contribution in [3.63, 3.8) is 0 Å². The zero-order chi connectivity index (χ0) is 8.81. The fourth-order valence-electron chi connectivity index (χ4n) is 1.06. The third-order valence-corrected chi connectivity index (χ3v) is 1.69. The van der Waals surface area contributed by atoms with Crippen LogP contribution in [0, 0.1) is 0 Å². The lowest BCUT2D eigenvalue weighted by Gasteiger charge is -2.04. The molecule has 0 spiro atoms. The Morgan fingerprint density at radius 2 is 2.17 bits per heavy atom. The summed E-state index contributed by atoms with van der Waals surface area (Å²) in [5, 5.41) is 0. The van der Waals surface area contributed by atoms with Gasteiger partial charge in [0.15, 0.2) is 0 Å². The molecule has 2 nitrogen and oxygen atoms in total. The highest BCUT2D eigenvalue weighted by molar-refractivity contribution is 5.62. The van der Waals surface area contributed by atoms with Gasteiger partial charge in [-0.1, -0.05) is 18.2 Å². The average molecular weight is 163 g/mol. The van der Waals surface area contributed by atoms with Crippen LogP contribution in [0.5, 0.6) is 5.75 Å². The van der Waals surface area contributed by atoms with E-state index in [1.807, 2.05) is 30.5 Å². The van der Waals surface area contributed by atoms with E-state index in [0.29, 0.717) is 0 Å². The molecule has 1 rings (SSSR count). The second-order valence-electron chi connectivity index (χ2n) is 2.46. The van der Waals surface area contributed by atoms with Crippen molar-refractivity contribution in [3.8, 4) is 5.75 Å². The molecule has 0 N–H and O–H groups in total. The molecule has 0 bridgehead atoms. The summed E-state index contributed by atoms with van der Waals surface area (Å²) >= 11 is 0. The minimum Gasteiger partial charge on any atom is -0.496 e. The predicted octanol–water partition coefficient (Wildman–Crippen LogP) is 1.94. The number of nitrogens with zero attached hydrogens (tertiary/aromatic N) is 1. The Bertz CT molecular complexity index is 268. The minimum absolute atomic E-state index is 0.834. The van der Waals surface area contributed by atoms with Gasteiger partial charge in [0.05, 0.1) is 7.11 Å². The Balaban J connectivity index is 2.81. The molecule has 1 aromatic carbocycles. The van der Waals surface area contributed by atoms with E-state index in [9.17, 15) is 0 Å². The number of hydrogen-bond donors (Lipinski definition) is 0. The van der Waals surface area contributed by atoms with Crippen molar-refractivity contribution >= 4 is 6.21 Å². The fraction of sp³-hybridized carbons (Fsp3) is 0.300. The molecule has 0 aromatic heterocycles. The maximum Gasteiger partial charge on any atom is 0.122 e. The van der Waals surface area contributed by atoms with Gasteiger partial charge in [-0.3, -0.25) is 0 Å². The van der Waals surface area contributed by atoms with Crippen LogP contribution in [0.1, 0.15) is 5.56 Å². The molecular formula is C10H13NO. The van der Waals surface area contributed by atoms with Crippen molar-refractivity contribution in [2.75, 3.05) is 14.2 Å². The van der Waals surface area contributed by atoms with Gasteiger partial charge in [0.2, 0.25) is 0 Å². The molecule has 0 fully saturated rings. The lowest BCUT2D eigenvalue weighted by atomic mass is 10.1. The van der Waals surface area contributed by atoms with Crippen molar-refractivity contribution in [1.29, 1.82) is 0 Å². The molecule has 0 aliphatic heterocycles. The number of methoxy groups -OCH3 is 1. The topological polar surface area (TPSA) is 21.6 Å². The van der Waals surface area contributed by atoms with E-state index < -0.39 is 0 Å². The van der Waals surface area contributed by atoms with Crippen LogP contribution in [0.25, 0.3) is 0 Å². The predicted molar refractivity (Wildman–Crippen MR) is 51.1 cm³/mol. The third-order valence-electron chi connectivity index (χ3n) is 1.69. The van der Waals surface area contributed by atoms with Gasteiger partial charge in [-0.2, -0.15) is 0 Å². The van der Waals surface area contributed by atoms with Gasteiger partial charge in [-0.25, -0.2) is 0 Å². The van der Waals surface area contributed by atoms with Crippen LogP contribution in [-0.4, -0.2) is 20.4 Å². The minimum atomic E-state index is 0.834. The molecular weight excluding hydrogens is 150 g/mol. The molecule has 0 aliphatic carbocycles. The molecule has 0 atom stereocenters. The van der Waals surface area contributed by atoms with Gasteiger partial charge in [-0.05, 0) is 11.6 Å². The number of ether oxygens (including phenoxy) is 1. The Hall–Kier alpha value is -1.31. The summed E-state index contributed by atoms with van der Waals surface area (Å²) in [7, 11) is 3.46. The van der Waals surface area contributed by atoms with Crippen LogP contribution in [0.3, 0.4) is 0 Å². The molecule has 2 heteroatoms. The van der Waals surface area contributed by atoms with E-state index in [1.165, 1.54) is 5.56 Å². The summed E-state index contributed by atoms with van der Waals surface area (Å²) in [5.74, 6) is 0.928. The Labute approximate surface area is 72.9 Å². The molecule has 12 heavy (non-hydrogen) atoms. The quantitative estimate of drug-likeness (QED) is 0.624. The third kappa shape index (κ3) is 2.09. The summed E-state index contributed by atoms with van der Waals surface area (Å²) in [4.78, 5) is 3.93. The average Bonchev–Trinajstić information content (AvgIpc) is 2.15. The summed E-state index contributed by atoms with van der Waals surface area (Å²) in [6.45, 7) is 0. The number of hydrogen-bond acceptors (Lipinski definition) is 2. The maximum absolute atomic E-state index is 5.18. The molecule has 0 amide bonds. The summed E-state index contributed by atoms with van der Waals surface area (Å²) in [6.07, 6.45) is 2.71. The normalized spacial score (nSPS) is 10.5. The number of para-hydroxylation sites is 1. The van der Waals surface area contributed by atoms with Crippen molar-refractivity contribution in [2.24, 2.45) is 4.99 Å². The highest BCUT2D eigenvalue weighted by Gasteiger charge is 1.97. The highest BCUT2D eigenvalue weighted by Crippen LogP contribution is 2.16. The second kappa shape index (κ2) is 4.54. The summed E-state index contributed by atoms with van der Waals surface area (Å²) in [6, 6.07) is 7.96. The van der Waals surface area contributed by atoms with Crippen LogP contribution >= 0.6 is 0 Å². The summed E-state index contributed by atoms with van der Waals surface area (Å²) in [5.41, 5.74) is 1.17. The van der Waals surface area contributed by atoms with Gasteiger partial charge < -0.3 is 9.73 Å². The first kappa shape index (κ1) is 8.78. The van der Waals surface area contributed by atoms with Gasteiger partial charge >= 0.3 is 0 Å². The van der Waals surface area contributed by atoms with E-state index in [2.05, 4.69) is 4.99 Å². The second-order valence-corrected chi connectivity index (χ2v) is 2.46. The molecule has 64 valence electrons. The monoisotopic (exact) mass is 163 g/mol. The van der Waals surface area contributed by atoms with E-state index in [-0.39, 0.29) is 0 Å². The maximum atomic E-state index is 5.18. The van der Waals surface area contributed by atoms with Gasteiger partial charge in [0, 0.05) is 19.7 Å². The van der Waals surface area contributed by atoms with Gasteiger partial charge in [-0.15, -0.1) is 0 Å². The van der Waals surface area contributed by atoms with E-state index in [0.717, 1.165) is 12.2 Å². The Morgan fingerprint density at radius 3 is 2.83 bits per heavy atom. The van der Waals surface area contributed by atoms with E-state index in [4.69, 9.17) is 4.74 Å². The molecule has 0 aliphatic rings. The standard InChI is InChI=1S/C10H13NO/c1-11-8-7-9-5-3-4-6-10(9)12-2/h3-6,8H,7H2,1-2H3. The first-order valence-electron chi connectivity index (χ1n) is 3.91. The molecule has 0 radical (unpaired) electrons. The molecule has 0 saturated carbocycles. The highest BCUT2D eigenvalue weighted by atomic mass is 16.5. The van der Waals surface area contributed by atoms with Crippen molar-refractivity contribution in [3.05, 3.63) is 29.8 Å². The zero-order valence-electron chi connectivity index (χ0n) is 7.45. The van der Waals surface area contributed by atoms with E-state index in [1.54, 1.807) is 14.2 Å². The van der Waals surface area contributed by atoms with Gasteiger partial charge in [0.25, 0.3) is 0 Å². The molecule has 1 aromatic rings. The van der Waals surface area contributed by atoms with Crippen LogP contribution in [0.15, 0.2) is 29.3 Å². The number of benzene rings is 1. The van der Waals surface area contributed by atoms with Crippen LogP contribution in [-0.2, 0) is 6.42 Å². The molecule has 0 unspecified atom stereocenters. The SMILES string of the molecule is CN=CCc1ccccc1OC. The Morgan fingerprint density at radius 1 is 1.42 bits per heavy atom. The smallest absolute Gasteiger partial charge is 0.122 e. The lowest BCUT2D eigenvalue weighted by Crippen LogP contribution is -1.92. The largest absolute Gasteiger partial charge is 0.496 e. The van der Waals surface area contributed by atoms with Crippen LogP contribution < -0.4 is 4.74 Å². The molecule has 0 heterocycles. The van der Waals surface area contributed by atoms with E-state index >= 15 is 0 Å². The molecule has 0 saturated heterocycles.